The van der Waals surface area contributed by atoms with Gasteiger partial charge in [0.2, 0.25) is 0 Å². The van der Waals surface area contributed by atoms with Crippen LogP contribution in [0.1, 0.15) is 43.7 Å². The van der Waals surface area contributed by atoms with E-state index in [2.05, 4.69) is 40.2 Å². The molecule has 1 N–H and O–H groups in total. The molecule has 2 aliphatic heterocycles. The normalized spacial score (nSPS) is 16.9. The highest BCUT2D eigenvalue weighted by Crippen LogP contribution is 2.36. The molecule has 0 aliphatic carbocycles. The molecule has 1 atom stereocenters. The number of hydrogen-bond donors (Lipinski definition) is 1. The van der Waals surface area contributed by atoms with Crippen molar-refractivity contribution in [2.24, 2.45) is 0 Å². The quantitative estimate of drug-likeness (QED) is 0.244. The predicted octanol–water partition coefficient (Wildman–Crippen LogP) is 3.15. The lowest BCUT2D eigenvalue weighted by molar-refractivity contribution is -0.137. The van der Waals surface area contributed by atoms with Gasteiger partial charge in [-0.15, -0.1) is 11.3 Å². The van der Waals surface area contributed by atoms with E-state index in [0.29, 0.717) is 68.6 Å². The number of halogens is 4. The lowest BCUT2D eigenvalue weighted by Crippen LogP contribution is -2.43. The number of rotatable bonds is 11. The summed E-state index contributed by atoms with van der Waals surface area (Å²) in [6, 6.07) is 0.144. The number of ether oxygens (including phenoxy) is 2. The maximum Gasteiger partial charge on any atom is 0.418 e. The molecule has 14 nitrogen and oxygen atoms in total. The molecule has 2 saturated heterocycles. The van der Waals surface area contributed by atoms with Crippen LogP contribution in [0, 0.1) is 0 Å². The Morgan fingerprint density at radius 2 is 1.67 bits per heavy atom. The summed E-state index contributed by atoms with van der Waals surface area (Å²) in [7, 11) is 0. The topological polar surface area (TPSA) is 144 Å². The van der Waals surface area contributed by atoms with Crippen LogP contribution in [0.3, 0.4) is 0 Å². The van der Waals surface area contributed by atoms with E-state index in [9.17, 15) is 22.8 Å². The molecule has 2 fully saturated rings. The van der Waals surface area contributed by atoms with E-state index >= 15 is 0 Å². The second kappa shape index (κ2) is 15.4. The summed E-state index contributed by atoms with van der Waals surface area (Å²) in [4.78, 5) is 49.9. The van der Waals surface area contributed by atoms with E-state index < -0.39 is 34.6 Å². The van der Waals surface area contributed by atoms with Gasteiger partial charge in [0.15, 0.2) is 5.65 Å². The zero-order valence-electron chi connectivity index (χ0n) is 26.5. The lowest BCUT2D eigenvalue weighted by Gasteiger charge is -2.29. The third kappa shape index (κ3) is 8.33. The smallest absolute Gasteiger partial charge is 0.379 e. The first-order chi connectivity index (χ1) is 23.6. The monoisotopic (exact) mass is 722 g/mol. The maximum atomic E-state index is 13.8. The molecule has 2 aliphatic rings. The largest absolute Gasteiger partial charge is 0.418 e. The summed E-state index contributed by atoms with van der Waals surface area (Å²) in [5.74, 6) is -1.25. The number of anilines is 1. The summed E-state index contributed by atoms with van der Waals surface area (Å²) in [5.41, 5.74) is -0.415. The number of nitrogens with zero attached hydrogens (tertiary/aromatic N) is 9. The molecule has 6 heterocycles. The number of alkyl halides is 3. The van der Waals surface area contributed by atoms with E-state index in [-0.39, 0.29) is 22.9 Å². The van der Waals surface area contributed by atoms with E-state index in [4.69, 9.17) is 21.1 Å². The molecule has 2 amide bonds. The van der Waals surface area contributed by atoms with Gasteiger partial charge in [-0.3, -0.25) is 24.3 Å². The molecule has 0 saturated carbocycles. The Bertz CT molecular complexity index is 1780. The number of nitrogens with one attached hydrogen (secondary N) is 1. The van der Waals surface area contributed by atoms with Crippen LogP contribution in [0.5, 0.6) is 0 Å². The van der Waals surface area contributed by atoms with Crippen LogP contribution in [-0.4, -0.2) is 124 Å². The minimum Gasteiger partial charge on any atom is -0.379 e. The van der Waals surface area contributed by atoms with Gasteiger partial charge >= 0.3 is 6.18 Å². The van der Waals surface area contributed by atoms with Gasteiger partial charge < -0.3 is 14.8 Å². The number of morpholine rings is 2. The van der Waals surface area contributed by atoms with E-state index in [1.54, 1.807) is 17.8 Å². The van der Waals surface area contributed by atoms with Crippen LogP contribution in [0.15, 0.2) is 31.0 Å². The van der Waals surface area contributed by atoms with Gasteiger partial charge in [-0.25, -0.2) is 24.6 Å². The third-order valence-corrected chi connectivity index (χ3v) is 9.71. The molecule has 1 unspecified atom stereocenters. The number of carbonyl (C=O) groups is 2. The first kappa shape index (κ1) is 35.0. The van der Waals surface area contributed by atoms with Crippen molar-refractivity contribution < 1.29 is 32.2 Å². The number of hydrogen-bond acceptors (Lipinski definition) is 12. The molecule has 0 aromatic carbocycles. The van der Waals surface area contributed by atoms with Crippen LogP contribution in [0.4, 0.5) is 19.0 Å². The Morgan fingerprint density at radius 3 is 2.37 bits per heavy atom. The van der Waals surface area contributed by atoms with Gasteiger partial charge in [0.05, 0.1) is 67.4 Å². The molecule has 0 bridgehead atoms. The molecule has 6 rings (SSSR count). The molecule has 19 heteroatoms. The highest BCUT2D eigenvalue weighted by Gasteiger charge is 2.35. The SMILES string of the molecule is CC(NC(=O)c1ncnc2c1cnn2CCN1CCOCC1)c1ncc(C(=O)N(CCN2CCOCC2)c2cc(C(F)(F)F)c(Cl)cn2)s1. The second-order valence-corrected chi connectivity index (χ2v) is 12.9. The molecular weight excluding hydrogens is 689 g/mol. The standard InChI is InChI=1S/C30H34ClF3N10O4S/c1-19(40-27(45)25-20-15-39-44(26(20)38-18-37-25)5-3-42-8-12-48-13-9-42)28-36-17-23(49-28)29(46)43(4-2-41-6-10-47-11-7-41)24-14-21(30(32,33)34)22(31)16-35-24/h14-19H,2-13H2,1H3,(H,40,45). The molecule has 0 spiro atoms. The highest BCUT2D eigenvalue weighted by atomic mass is 35.5. The molecule has 262 valence electrons. The fourth-order valence-electron chi connectivity index (χ4n) is 5.52. The number of aromatic nitrogens is 6. The number of carbonyl (C=O) groups excluding carboxylic acids is 2. The Kier molecular flexibility index (Phi) is 11.0. The van der Waals surface area contributed by atoms with Crippen molar-refractivity contribution in [3.05, 3.63) is 57.1 Å². The zero-order valence-corrected chi connectivity index (χ0v) is 28.1. The summed E-state index contributed by atoms with van der Waals surface area (Å²) in [6.45, 7) is 8.85. The van der Waals surface area contributed by atoms with Crippen LogP contribution < -0.4 is 10.2 Å². The first-order valence-electron chi connectivity index (χ1n) is 15.7. The van der Waals surface area contributed by atoms with Crippen molar-refractivity contribution in [3.8, 4) is 0 Å². The van der Waals surface area contributed by atoms with E-state index in [0.717, 1.165) is 43.2 Å². The minimum atomic E-state index is -4.74. The third-order valence-electron chi connectivity index (χ3n) is 8.24. The van der Waals surface area contributed by atoms with Gasteiger partial charge in [0.25, 0.3) is 11.8 Å². The first-order valence-corrected chi connectivity index (χ1v) is 16.9. The minimum absolute atomic E-state index is 0.0636. The predicted molar refractivity (Wildman–Crippen MR) is 174 cm³/mol. The zero-order chi connectivity index (χ0) is 34.5. The number of pyridine rings is 1. The van der Waals surface area contributed by atoms with Crippen molar-refractivity contribution in [2.45, 2.75) is 25.7 Å². The fraction of sp³-hybridized carbons (Fsp3) is 0.500. The molecule has 4 aromatic rings. The Labute approximate surface area is 288 Å². The van der Waals surface area contributed by atoms with Crippen LogP contribution in [-0.2, 0) is 22.2 Å². The summed E-state index contributed by atoms with van der Waals surface area (Å²) in [6.07, 6.45) is 0.372. The number of amides is 2. The average molecular weight is 723 g/mol. The fourth-order valence-corrected chi connectivity index (χ4v) is 6.60. The molecule has 49 heavy (non-hydrogen) atoms. The van der Waals surface area contributed by atoms with Crippen LogP contribution >= 0.6 is 22.9 Å². The Hall–Kier alpha value is -3.81. The lowest BCUT2D eigenvalue weighted by atomic mass is 10.2. The van der Waals surface area contributed by atoms with Crippen LogP contribution in [0.25, 0.3) is 11.0 Å². The van der Waals surface area contributed by atoms with Crippen LogP contribution in [0.2, 0.25) is 5.02 Å². The molecular formula is C30H34ClF3N10O4S. The highest BCUT2D eigenvalue weighted by molar-refractivity contribution is 7.13. The Morgan fingerprint density at radius 1 is 0.980 bits per heavy atom. The van der Waals surface area contributed by atoms with E-state index in [1.165, 1.54) is 17.4 Å². The van der Waals surface area contributed by atoms with Crippen molar-refractivity contribution >= 4 is 51.6 Å². The number of fused-ring (bicyclic) bond motifs is 1. The summed E-state index contributed by atoms with van der Waals surface area (Å²) in [5, 5.41) is 7.65. The van der Waals surface area contributed by atoms with Gasteiger partial charge in [-0.2, -0.15) is 18.3 Å². The van der Waals surface area contributed by atoms with Gasteiger partial charge in [-0.05, 0) is 13.0 Å². The summed E-state index contributed by atoms with van der Waals surface area (Å²) >= 11 is 6.83. The van der Waals surface area contributed by atoms with Gasteiger partial charge in [0, 0.05) is 52.0 Å². The van der Waals surface area contributed by atoms with Gasteiger partial charge in [0.1, 0.15) is 27.7 Å². The number of thiazole rings is 1. The van der Waals surface area contributed by atoms with Crippen molar-refractivity contribution in [1.29, 1.82) is 0 Å². The van der Waals surface area contributed by atoms with Crippen molar-refractivity contribution in [3.63, 3.8) is 0 Å². The second-order valence-electron chi connectivity index (χ2n) is 11.5. The average Bonchev–Trinajstić information content (AvgIpc) is 3.76. The summed E-state index contributed by atoms with van der Waals surface area (Å²) < 4.78 is 53.6. The van der Waals surface area contributed by atoms with E-state index in [1.807, 2.05) is 0 Å². The Balaban J connectivity index is 1.16. The van der Waals surface area contributed by atoms with Gasteiger partial charge in [-0.1, -0.05) is 11.6 Å². The van der Waals surface area contributed by atoms with Crippen molar-refractivity contribution in [2.75, 3.05) is 77.1 Å². The van der Waals surface area contributed by atoms with Crippen molar-refractivity contribution in [1.82, 2.24) is 44.8 Å². The maximum absolute atomic E-state index is 13.8. The molecule has 0 radical (unpaired) electrons. The molecule has 4 aromatic heterocycles.